The van der Waals surface area contributed by atoms with Crippen molar-refractivity contribution in [2.24, 2.45) is 0 Å². The average molecular weight is 520 g/mol. The van der Waals surface area contributed by atoms with Gasteiger partial charge < -0.3 is 24.1 Å². The van der Waals surface area contributed by atoms with Gasteiger partial charge >= 0.3 is 18.0 Å². The number of ether oxygens (including phenoxy) is 3. The number of fused-ring (bicyclic) bond motifs is 5. The van der Waals surface area contributed by atoms with E-state index in [4.69, 9.17) is 19.2 Å². The number of hydrogen-bond acceptors (Lipinski definition) is 8. The largest absolute Gasteiger partial charge is 0.457 e. The van der Waals surface area contributed by atoms with Crippen LogP contribution in [0.4, 0.5) is 4.79 Å². The third-order valence-electron chi connectivity index (χ3n) is 6.69. The van der Waals surface area contributed by atoms with Crippen molar-refractivity contribution < 1.29 is 28.6 Å². The maximum Gasteiger partial charge on any atom is 0.408 e. The zero-order valence-electron chi connectivity index (χ0n) is 22.0. The van der Waals surface area contributed by atoms with Crippen LogP contribution >= 0.6 is 0 Å². The third-order valence-corrected chi connectivity index (χ3v) is 6.69. The molecule has 0 aliphatic carbocycles. The highest BCUT2D eigenvalue weighted by Gasteiger charge is 2.50. The Bertz CT molecular complexity index is 1570. The summed E-state index contributed by atoms with van der Waals surface area (Å²) in [5.41, 5.74) is 1.56. The molecule has 2 aliphatic rings. The molecule has 0 unspecified atom stereocenters. The van der Waals surface area contributed by atoms with Crippen LogP contribution in [0.2, 0.25) is 0 Å². The van der Waals surface area contributed by atoms with E-state index in [1.807, 2.05) is 31.2 Å². The summed E-state index contributed by atoms with van der Waals surface area (Å²) in [5.74, 6) is -1.65. The Balaban J connectivity index is 1.53. The van der Waals surface area contributed by atoms with Crippen molar-refractivity contribution in [1.82, 2.24) is 14.9 Å². The van der Waals surface area contributed by atoms with Crippen LogP contribution in [-0.4, -0.2) is 39.7 Å². The number of nitrogens with one attached hydrogen (secondary N) is 1. The first-order valence-corrected chi connectivity index (χ1v) is 12.5. The molecule has 1 atom stereocenters. The number of nitrogens with zero attached hydrogens (tertiary/aromatic N) is 2. The van der Waals surface area contributed by atoms with E-state index in [0.717, 1.165) is 22.0 Å². The first-order chi connectivity index (χ1) is 17.9. The minimum absolute atomic E-state index is 0.0250. The van der Waals surface area contributed by atoms with Gasteiger partial charge in [-0.2, -0.15) is 0 Å². The van der Waals surface area contributed by atoms with E-state index in [9.17, 15) is 19.2 Å². The van der Waals surface area contributed by atoms with E-state index in [2.05, 4.69) is 5.32 Å². The van der Waals surface area contributed by atoms with Gasteiger partial charge in [-0.05, 0) is 58.4 Å². The predicted octanol–water partition coefficient (Wildman–Crippen LogP) is 3.46. The number of cyclic esters (lactones) is 1. The molecule has 38 heavy (non-hydrogen) atoms. The van der Waals surface area contributed by atoms with Crippen molar-refractivity contribution >= 4 is 28.9 Å². The Kier molecular flexibility index (Phi) is 6.00. The molecule has 10 heteroatoms. The molecule has 0 saturated heterocycles. The highest BCUT2D eigenvalue weighted by molar-refractivity contribution is 5.89. The Labute approximate surface area is 218 Å². The van der Waals surface area contributed by atoms with E-state index in [1.165, 1.54) is 0 Å². The van der Waals surface area contributed by atoms with Crippen LogP contribution in [0.5, 0.6) is 0 Å². The highest BCUT2D eigenvalue weighted by atomic mass is 16.6. The predicted molar refractivity (Wildman–Crippen MR) is 137 cm³/mol. The Morgan fingerprint density at radius 2 is 1.95 bits per heavy atom. The number of alkyl carbamates (subject to hydrolysis) is 1. The van der Waals surface area contributed by atoms with Crippen LogP contribution in [0.15, 0.2) is 35.1 Å². The van der Waals surface area contributed by atoms with Crippen molar-refractivity contribution in [3.63, 3.8) is 0 Å². The number of carbonyl (C=O) groups is 3. The van der Waals surface area contributed by atoms with Gasteiger partial charge in [0.05, 0.1) is 29.0 Å². The Morgan fingerprint density at radius 3 is 2.66 bits per heavy atom. The van der Waals surface area contributed by atoms with Crippen LogP contribution in [0, 0.1) is 6.92 Å². The van der Waals surface area contributed by atoms with E-state index >= 15 is 0 Å². The zero-order valence-corrected chi connectivity index (χ0v) is 22.0. The molecule has 198 valence electrons. The summed E-state index contributed by atoms with van der Waals surface area (Å²) in [5, 5.41) is 3.31. The number of amides is 1. The second-order valence-electron chi connectivity index (χ2n) is 10.6. The Morgan fingerprint density at radius 1 is 1.18 bits per heavy atom. The SMILES string of the molecule is CC[C@@]1(OC(=O)CNC(=O)OC(C)(C)C)C(=O)OCc2c1cc1n(c2=O)Cc2cc3cc(C)ccc3nc2-1. The number of carbonyl (C=O) groups excluding carboxylic acids is 3. The van der Waals surface area contributed by atoms with Crippen molar-refractivity contribution in [2.75, 3.05) is 6.54 Å². The van der Waals surface area contributed by atoms with Gasteiger partial charge in [-0.15, -0.1) is 0 Å². The molecule has 3 aromatic rings. The van der Waals surface area contributed by atoms with E-state index in [1.54, 1.807) is 38.3 Å². The number of esters is 2. The van der Waals surface area contributed by atoms with E-state index in [0.29, 0.717) is 17.9 Å². The first-order valence-electron chi connectivity index (χ1n) is 12.5. The van der Waals surface area contributed by atoms with Gasteiger partial charge in [0.25, 0.3) is 5.56 Å². The van der Waals surface area contributed by atoms with Crippen molar-refractivity contribution in [1.29, 1.82) is 0 Å². The number of aryl methyl sites for hydroxylation is 1. The maximum atomic E-state index is 13.6. The topological polar surface area (TPSA) is 126 Å². The number of hydrogen-bond donors (Lipinski definition) is 1. The number of pyridine rings is 2. The van der Waals surface area contributed by atoms with Gasteiger partial charge in [0.15, 0.2) is 0 Å². The monoisotopic (exact) mass is 519 g/mol. The fourth-order valence-corrected chi connectivity index (χ4v) is 4.95. The molecule has 2 aromatic heterocycles. The smallest absolute Gasteiger partial charge is 0.408 e. The van der Waals surface area contributed by atoms with Gasteiger partial charge in [-0.25, -0.2) is 14.6 Å². The molecule has 0 saturated carbocycles. The van der Waals surface area contributed by atoms with Crippen LogP contribution < -0.4 is 10.9 Å². The molecule has 1 aromatic carbocycles. The fraction of sp³-hybridized carbons (Fsp3) is 0.393. The van der Waals surface area contributed by atoms with Crippen molar-refractivity contribution in [3.05, 3.63) is 62.9 Å². The normalized spacial score (nSPS) is 17.8. The maximum absolute atomic E-state index is 13.6. The second-order valence-corrected chi connectivity index (χ2v) is 10.6. The molecule has 5 rings (SSSR count). The number of rotatable bonds is 4. The first kappa shape index (κ1) is 25.4. The van der Waals surface area contributed by atoms with Crippen LogP contribution in [-0.2, 0) is 42.6 Å². The summed E-state index contributed by atoms with van der Waals surface area (Å²) in [4.78, 5) is 56.3. The lowest BCUT2D eigenvalue weighted by Gasteiger charge is -2.35. The second kappa shape index (κ2) is 8.97. The van der Waals surface area contributed by atoms with E-state index < -0.39 is 35.8 Å². The van der Waals surface area contributed by atoms with Crippen LogP contribution in [0.3, 0.4) is 0 Å². The summed E-state index contributed by atoms with van der Waals surface area (Å²) in [6.45, 7) is 8.33. The van der Waals surface area contributed by atoms with Gasteiger partial charge in [-0.1, -0.05) is 18.6 Å². The molecule has 0 spiro atoms. The number of benzene rings is 1. The summed E-state index contributed by atoms with van der Waals surface area (Å²) in [6, 6.07) is 9.66. The summed E-state index contributed by atoms with van der Waals surface area (Å²) < 4.78 is 17.8. The summed E-state index contributed by atoms with van der Waals surface area (Å²) in [7, 11) is 0. The van der Waals surface area contributed by atoms with Gasteiger partial charge in [0.1, 0.15) is 18.8 Å². The fourth-order valence-electron chi connectivity index (χ4n) is 4.95. The molecule has 0 fully saturated rings. The van der Waals surface area contributed by atoms with Gasteiger partial charge in [0, 0.05) is 16.5 Å². The molecular weight excluding hydrogens is 490 g/mol. The molecule has 1 amide bonds. The molecule has 0 radical (unpaired) electrons. The lowest BCUT2D eigenvalue weighted by Crippen LogP contribution is -2.49. The Hall–Kier alpha value is -4.21. The lowest BCUT2D eigenvalue weighted by molar-refractivity contribution is -0.188. The molecular formula is C28H29N3O7. The van der Waals surface area contributed by atoms with Gasteiger partial charge in [-0.3, -0.25) is 9.59 Å². The molecule has 0 bridgehead atoms. The van der Waals surface area contributed by atoms with Crippen LogP contribution in [0.1, 0.15) is 56.4 Å². The molecule has 1 N–H and O–H groups in total. The molecule has 4 heterocycles. The van der Waals surface area contributed by atoms with Crippen LogP contribution in [0.25, 0.3) is 22.3 Å². The highest BCUT2D eigenvalue weighted by Crippen LogP contribution is 2.41. The molecule has 2 aliphatic heterocycles. The number of aromatic nitrogens is 2. The standard InChI is InChI=1S/C28H29N3O7/c1-6-28(37-22(32)12-29-26(35)38-27(3,4)5)19-11-21-23-17(10-16-9-15(2)7-8-20(16)30-23)13-31(21)24(33)18(19)14-36-25(28)34/h7-11H,6,12-14H2,1-5H3,(H,29,35)/t28-/m0/s1. The lowest BCUT2D eigenvalue weighted by atomic mass is 9.85. The van der Waals surface area contributed by atoms with Crippen molar-refractivity contribution in [2.45, 2.75) is 65.4 Å². The van der Waals surface area contributed by atoms with Crippen molar-refractivity contribution in [3.8, 4) is 11.4 Å². The minimum Gasteiger partial charge on any atom is -0.457 e. The quantitative estimate of drug-likeness (QED) is 0.321. The summed E-state index contributed by atoms with van der Waals surface area (Å²) in [6.07, 6.45) is -0.773. The minimum atomic E-state index is -1.84. The zero-order chi connectivity index (χ0) is 27.4. The molecule has 10 nitrogen and oxygen atoms in total. The van der Waals surface area contributed by atoms with Gasteiger partial charge in [0.2, 0.25) is 5.60 Å². The summed E-state index contributed by atoms with van der Waals surface area (Å²) >= 11 is 0. The third kappa shape index (κ3) is 4.29. The van der Waals surface area contributed by atoms with E-state index in [-0.39, 0.29) is 29.7 Å². The average Bonchev–Trinajstić information content (AvgIpc) is 3.20.